The Morgan fingerprint density at radius 1 is 1.22 bits per heavy atom. The molecule has 0 amide bonds. The summed E-state index contributed by atoms with van der Waals surface area (Å²) in [4.78, 5) is 2.59. The van der Waals surface area contributed by atoms with Gasteiger partial charge in [0, 0.05) is 30.1 Å². The minimum absolute atomic E-state index is 0.180. The molecule has 23 heavy (non-hydrogen) atoms. The van der Waals surface area contributed by atoms with Crippen molar-refractivity contribution in [2.24, 2.45) is 11.3 Å². The number of hydrogen-bond donors (Lipinski definition) is 2. The Morgan fingerprint density at radius 3 is 2.48 bits per heavy atom. The second kappa shape index (κ2) is 6.62. The van der Waals surface area contributed by atoms with Gasteiger partial charge < -0.3 is 15.2 Å². The fourth-order valence-corrected chi connectivity index (χ4v) is 5.57. The topological polar surface area (TPSA) is 44.7 Å². The van der Waals surface area contributed by atoms with Gasteiger partial charge in [-0.1, -0.05) is 20.8 Å². The predicted octanol–water partition coefficient (Wildman–Crippen LogP) is 2.40. The first-order valence-electron chi connectivity index (χ1n) is 9.68. The van der Waals surface area contributed by atoms with Gasteiger partial charge in [0.2, 0.25) is 0 Å². The van der Waals surface area contributed by atoms with Crippen molar-refractivity contribution in [3.63, 3.8) is 0 Å². The first-order valence-corrected chi connectivity index (χ1v) is 9.68. The Hall–Kier alpha value is -0.160. The van der Waals surface area contributed by atoms with E-state index in [0.29, 0.717) is 35.6 Å². The normalized spacial score (nSPS) is 44.1. The molecule has 0 radical (unpaired) electrons. The van der Waals surface area contributed by atoms with E-state index in [2.05, 4.69) is 44.8 Å². The summed E-state index contributed by atoms with van der Waals surface area (Å²) < 4.78 is 5.85. The first kappa shape index (κ1) is 17.7. The number of rotatable bonds is 6. The van der Waals surface area contributed by atoms with Crippen LogP contribution in [0.15, 0.2) is 0 Å². The summed E-state index contributed by atoms with van der Waals surface area (Å²) in [6.45, 7) is 13.4. The highest BCUT2D eigenvalue weighted by Gasteiger charge is 2.58. The molecule has 1 saturated heterocycles. The molecule has 134 valence electrons. The molecule has 3 aliphatic rings. The maximum atomic E-state index is 10.6. The van der Waals surface area contributed by atoms with Gasteiger partial charge in [0.25, 0.3) is 0 Å². The van der Waals surface area contributed by atoms with Gasteiger partial charge in [0.1, 0.15) is 0 Å². The highest BCUT2D eigenvalue weighted by atomic mass is 16.5. The molecule has 0 aromatic carbocycles. The van der Waals surface area contributed by atoms with Crippen LogP contribution in [0, 0.1) is 11.3 Å². The Kier molecular flexibility index (Phi) is 5.09. The maximum absolute atomic E-state index is 10.6. The van der Waals surface area contributed by atoms with E-state index in [1.54, 1.807) is 0 Å². The van der Waals surface area contributed by atoms with E-state index in [4.69, 9.17) is 4.74 Å². The molecule has 1 spiro atoms. The van der Waals surface area contributed by atoms with Crippen LogP contribution in [-0.4, -0.2) is 59.5 Å². The summed E-state index contributed by atoms with van der Waals surface area (Å²) in [6, 6.07) is 1.46. The summed E-state index contributed by atoms with van der Waals surface area (Å²) in [5.74, 6) is 0.669. The lowest BCUT2D eigenvalue weighted by Gasteiger charge is -2.58. The van der Waals surface area contributed by atoms with Crippen molar-refractivity contribution in [2.45, 2.75) is 96.7 Å². The fourth-order valence-electron chi connectivity index (χ4n) is 5.57. The van der Waals surface area contributed by atoms with Gasteiger partial charge >= 0.3 is 0 Å². The van der Waals surface area contributed by atoms with E-state index in [1.165, 1.54) is 6.54 Å². The molecular formula is C19H36N2O2. The van der Waals surface area contributed by atoms with Gasteiger partial charge in [-0.15, -0.1) is 0 Å². The minimum atomic E-state index is -0.180. The van der Waals surface area contributed by atoms with E-state index < -0.39 is 0 Å². The number of likely N-dealkylation sites (tertiary alicyclic amines) is 1. The number of aliphatic hydroxyl groups is 1. The predicted molar refractivity (Wildman–Crippen MR) is 93.5 cm³/mol. The van der Waals surface area contributed by atoms with Crippen LogP contribution in [0.25, 0.3) is 0 Å². The van der Waals surface area contributed by atoms with Crippen molar-refractivity contribution in [1.29, 1.82) is 0 Å². The number of ether oxygens (including phenoxy) is 1. The van der Waals surface area contributed by atoms with Crippen LogP contribution in [0.4, 0.5) is 0 Å². The molecule has 3 rings (SSSR count). The standard InChI is InChI=1S/C19H36N2O2/c1-6-21-11-19(18(21)12(2)3)9-16(17(22)10-19)20-14-7-15(8-14)23-13(4)5/h12-18,20,22H,6-11H2,1-5H3/t14?,15?,16-,17-,18?,19?/m1/s1. The summed E-state index contributed by atoms with van der Waals surface area (Å²) in [6.07, 6.45) is 4.88. The van der Waals surface area contributed by atoms with Crippen molar-refractivity contribution in [1.82, 2.24) is 10.2 Å². The smallest absolute Gasteiger partial charge is 0.0699 e. The lowest BCUT2D eigenvalue weighted by Crippen LogP contribution is -2.66. The van der Waals surface area contributed by atoms with Crippen molar-refractivity contribution >= 4 is 0 Å². The molecule has 1 heterocycles. The summed E-state index contributed by atoms with van der Waals surface area (Å²) >= 11 is 0. The molecule has 0 aromatic heterocycles. The van der Waals surface area contributed by atoms with Crippen molar-refractivity contribution < 1.29 is 9.84 Å². The largest absolute Gasteiger partial charge is 0.391 e. The average molecular weight is 325 g/mol. The zero-order valence-corrected chi connectivity index (χ0v) is 15.6. The van der Waals surface area contributed by atoms with Gasteiger partial charge in [-0.2, -0.15) is 0 Å². The fraction of sp³-hybridized carbons (Fsp3) is 1.00. The van der Waals surface area contributed by atoms with Crippen LogP contribution >= 0.6 is 0 Å². The monoisotopic (exact) mass is 324 g/mol. The van der Waals surface area contributed by atoms with Gasteiger partial charge in [-0.25, -0.2) is 0 Å². The van der Waals surface area contributed by atoms with Gasteiger partial charge in [-0.3, -0.25) is 4.90 Å². The van der Waals surface area contributed by atoms with E-state index >= 15 is 0 Å². The van der Waals surface area contributed by atoms with Crippen LogP contribution < -0.4 is 5.32 Å². The lowest BCUT2D eigenvalue weighted by molar-refractivity contribution is -0.0967. The minimum Gasteiger partial charge on any atom is -0.391 e. The molecule has 1 aliphatic heterocycles. The van der Waals surface area contributed by atoms with Crippen LogP contribution in [-0.2, 0) is 4.74 Å². The lowest BCUT2D eigenvalue weighted by atomic mass is 9.65. The van der Waals surface area contributed by atoms with E-state index in [1.807, 2.05) is 0 Å². The molecule has 2 N–H and O–H groups in total. The summed E-state index contributed by atoms with van der Waals surface area (Å²) in [5.41, 5.74) is 0.346. The Bertz CT molecular complexity index is 408. The number of hydrogen-bond acceptors (Lipinski definition) is 4. The molecule has 2 saturated carbocycles. The van der Waals surface area contributed by atoms with Crippen molar-refractivity contribution in [3.05, 3.63) is 0 Å². The van der Waals surface area contributed by atoms with E-state index in [0.717, 1.165) is 32.2 Å². The van der Waals surface area contributed by atoms with Crippen LogP contribution in [0.1, 0.15) is 60.3 Å². The molecule has 4 nitrogen and oxygen atoms in total. The number of aliphatic hydroxyl groups excluding tert-OH is 1. The van der Waals surface area contributed by atoms with Gasteiger partial charge in [0.05, 0.1) is 18.3 Å². The third-order valence-corrected chi connectivity index (χ3v) is 6.29. The van der Waals surface area contributed by atoms with E-state index in [-0.39, 0.29) is 12.1 Å². The summed E-state index contributed by atoms with van der Waals surface area (Å²) in [7, 11) is 0. The van der Waals surface area contributed by atoms with Crippen LogP contribution in [0.2, 0.25) is 0 Å². The van der Waals surface area contributed by atoms with Gasteiger partial charge in [0.15, 0.2) is 0 Å². The molecule has 2 unspecified atom stereocenters. The second-order valence-electron chi connectivity index (χ2n) is 8.84. The molecule has 4 heteroatoms. The molecule has 0 bridgehead atoms. The van der Waals surface area contributed by atoms with Crippen molar-refractivity contribution in [2.75, 3.05) is 13.1 Å². The van der Waals surface area contributed by atoms with Crippen molar-refractivity contribution in [3.8, 4) is 0 Å². The Morgan fingerprint density at radius 2 is 1.91 bits per heavy atom. The maximum Gasteiger partial charge on any atom is 0.0699 e. The highest BCUT2D eigenvalue weighted by molar-refractivity contribution is 5.13. The number of nitrogens with one attached hydrogen (secondary N) is 1. The zero-order valence-electron chi connectivity index (χ0n) is 15.6. The van der Waals surface area contributed by atoms with Crippen LogP contribution in [0.3, 0.4) is 0 Å². The highest BCUT2D eigenvalue weighted by Crippen LogP contribution is 2.53. The Labute approximate surface area is 142 Å². The molecule has 4 atom stereocenters. The Balaban J connectivity index is 1.52. The molecule has 2 aliphatic carbocycles. The third kappa shape index (κ3) is 3.33. The molecule has 3 fully saturated rings. The first-order chi connectivity index (χ1) is 10.8. The molecular weight excluding hydrogens is 288 g/mol. The van der Waals surface area contributed by atoms with E-state index in [9.17, 15) is 5.11 Å². The quantitative estimate of drug-likeness (QED) is 0.787. The third-order valence-electron chi connectivity index (χ3n) is 6.29. The SMILES string of the molecule is CCN1CC2(C[C@@H](O)[C@H](NC3CC(OC(C)C)C3)C2)C1C(C)C. The second-order valence-corrected chi connectivity index (χ2v) is 8.84. The molecule has 0 aromatic rings. The average Bonchev–Trinajstić information content (AvgIpc) is 2.71. The zero-order chi connectivity index (χ0) is 16.8. The number of nitrogens with zero attached hydrogens (tertiary/aromatic N) is 1. The van der Waals surface area contributed by atoms with Gasteiger partial charge in [-0.05, 0) is 52.0 Å². The van der Waals surface area contributed by atoms with Crippen LogP contribution in [0.5, 0.6) is 0 Å². The summed E-state index contributed by atoms with van der Waals surface area (Å²) in [5, 5.41) is 14.4.